The molecular weight excluding hydrogens is 401 g/mol. The van der Waals surface area contributed by atoms with E-state index < -0.39 is 35.4 Å². The van der Waals surface area contributed by atoms with Crippen LogP contribution in [-0.4, -0.2) is 30.9 Å². The first-order chi connectivity index (χ1) is 14.7. The Morgan fingerprint density at radius 2 is 2.03 bits per heavy atom. The fourth-order valence-corrected chi connectivity index (χ4v) is 4.30. The lowest BCUT2D eigenvalue weighted by Crippen LogP contribution is -2.43. The van der Waals surface area contributed by atoms with E-state index in [-0.39, 0.29) is 17.6 Å². The lowest BCUT2D eigenvalue weighted by molar-refractivity contribution is -0.151. The summed E-state index contributed by atoms with van der Waals surface area (Å²) in [5.74, 6) is -4.17. The molecule has 1 heterocycles. The maximum absolute atomic E-state index is 14.1. The lowest BCUT2D eigenvalue weighted by Gasteiger charge is -2.38. The summed E-state index contributed by atoms with van der Waals surface area (Å²) in [6, 6.07) is 5.82. The number of carbonyl (C=O) groups excluding carboxylic acids is 3. The molecular formula is C24H28FNO5. The Morgan fingerprint density at radius 3 is 2.65 bits per heavy atom. The van der Waals surface area contributed by atoms with Gasteiger partial charge in [-0.2, -0.15) is 0 Å². The van der Waals surface area contributed by atoms with Crippen LogP contribution in [0, 0.1) is 17.7 Å². The number of dihydropyridines is 1. The fourth-order valence-electron chi connectivity index (χ4n) is 4.30. The first-order valence-electron chi connectivity index (χ1n) is 10.5. The summed E-state index contributed by atoms with van der Waals surface area (Å²) in [6.07, 6.45) is 0.740. The largest absolute Gasteiger partial charge is 0.468 e. The number of methoxy groups -OCH3 is 1. The molecule has 1 aromatic carbocycles. The number of carbonyl (C=O) groups is 3. The van der Waals surface area contributed by atoms with Crippen LogP contribution in [0.25, 0.3) is 0 Å². The van der Waals surface area contributed by atoms with Gasteiger partial charge in [-0.1, -0.05) is 26.0 Å². The van der Waals surface area contributed by atoms with Crippen LogP contribution in [-0.2, 0) is 23.9 Å². The Kier molecular flexibility index (Phi) is 6.62. The van der Waals surface area contributed by atoms with E-state index in [1.807, 2.05) is 13.8 Å². The summed E-state index contributed by atoms with van der Waals surface area (Å²) < 4.78 is 24.6. The van der Waals surface area contributed by atoms with E-state index in [2.05, 4.69) is 5.32 Å². The average Bonchev–Trinajstić information content (AvgIpc) is 2.72. The molecule has 0 unspecified atom stereocenters. The second kappa shape index (κ2) is 9.04. The van der Waals surface area contributed by atoms with Crippen LogP contribution in [0.5, 0.6) is 0 Å². The number of halogens is 1. The van der Waals surface area contributed by atoms with E-state index in [9.17, 15) is 18.8 Å². The van der Waals surface area contributed by atoms with Crippen molar-refractivity contribution in [2.24, 2.45) is 11.8 Å². The number of nitrogens with one attached hydrogen (secondary N) is 1. The van der Waals surface area contributed by atoms with E-state index in [1.165, 1.54) is 25.3 Å². The maximum atomic E-state index is 14.1. The molecule has 0 saturated heterocycles. The minimum atomic E-state index is -0.980. The number of benzene rings is 1. The standard InChI is InChI=1S/C24H28FNO5/c1-6-13(3)31-24(29)19-14(4)26-17-10-12(2)18(23(28)30-5)22(27)21(17)20(19)15-8-7-9-16(25)11-15/h7-9,11-13,18,20,26H,6,10H2,1-5H3/t12-,13+,18-,20-/m0/s1. The molecule has 1 aromatic rings. The molecule has 0 spiro atoms. The summed E-state index contributed by atoms with van der Waals surface area (Å²) in [6.45, 7) is 7.24. The van der Waals surface area contributed by atoms with Gasteiger partial charge in [0, 0.05) is 22.9 Å². The molecule has 6 nitrogen and oxygen atoms in total. The predicted molar refractivity (Wildman–Crippen MR) is 112 cm³/mol. The van der Waals surface area contributed by atoms with Gasteiger partial charge in [0.1, 0.15) is 11.7 Å². The van der Waals surface area contributed by atoms with Gasteiger partial charge in [0.2, 0.25) is 0 Å². The molecule has 0 radical (unpaired) electrons. The highest BCUT2D eigenvalue weighted by Gasteiger charge is 2.47. The van der Waals surface area contributed by atoms with Crippen molar-refractivity contribution in [1.82, 2.24) is 5.32 Å². The summed E-state index contributed by atoms with van der Waals surface area (Å²) in [5, 5.41) is 3.18. The van der Waals surface area contributed by atoms with Gasteiger partial charge in [-0.05, 0) is 50.3 Å². The molecule has 2 aliphatic rings. The van der Waals surface area contributed by atoms with Crippen LogP contribution in [0.1, 0.15) is 52.0 Å². The third-order valence-corrected chi connectivity index (χ3v) is 6.03. The van der Waals surface area contributed by atoms with Gasteiger partial charge in [-0.25, -0.2) is 9.18 Å². The normalized spacial score (nSPS) is 24.3. The van der Waals surface area contributed by atoms with Crippen LogP contribution in [0.2, 0.25) is 0 Å². The Balaban J connectivity index is 2.17. The number of esters is 2. The van der Waals surface area contributed by atoms with Crippen LogP contribution in [0.15, 0.2) is 46.8 Å². The van der Waals surface area contributed by atoms with E-state index in [1.54, 1.807) is 19.9 Å². The topological polar surface area (TPSA) is 81.7 Å². The van der Waals surface area contributed by atoms with Crippen molar-refractivity contribution in [3.05, 3.63) is 58.2 Å². The molecule has 3 rings (SSSR count). The Morgan fingerprint density at radius 1 is 1.32 bits per heavy atom. The molecule has 1 aliphatic carbocycles. The number of ether oxygens (including phenoxy) is 2. The van der Waals surface area contributed by atoms with E-state index >= 15 is 0 Å². The second-order valence-corrected chi connectivity index (χ2v) is 8.21. The lowest BCUT2D eigenvalue weighted by atomic mass is 9.69. The molecule has 166 valence electrons. The van der Waals surface area contributed by atoms with Crippen molar-refractivity contribution in [2.45, 2.75) is 52.6 Å². The molecule has 1 aliphatic heterocycles. The SMILES string of the molecule is CC[C@@H](C)OC(=O)C1=C(C)NC2=C(C(=O)[C@@H](C(=O)OC)[C@@H](C)C2)[C@H]1c1cccc(F)c1. The molecule has 0 fully saturated rings. The number of allylic oxidation sites excluding steroid dienone is 3. The van der Waals surface area contributed by atoms with Crippen molar-refractivity contribution in [2.75, 3.05) is 7.11 Å². The molecule has 7 heteroatoms. The van der Waals surface area contributed by atoms with Gasteiger partial charge in [-0.15, -0.1) is 0 Å². The van der Waals surface area contributed by atoms with Gasteiger partial charge in [0.25, 0.3) is 0 Å². The monoisotopic (exact) mass is 429 g/mol. The molecule has 4 atom stereocenters. The van der Waals surface area contributed by atoms with E-state index in [0.29, 0.717) is 35.4 Å². The van der Waals surface area contributed by atoms with Crippen molar-refractivity contribution < 1.29 is 28.2 Å². The molecule has 0 bridgehead atoms. The number of rotatable bonds is 5. The van der Waals surface area contributed by atoms with Crippen molar-refractivity contribution in [3.8, 4) is 0 Å². The quantitative estimate of drug-likeness (QED) is 0.567. The van der Waals surface area contributed by atoms with Gasteiger partial charge in [-0.3, -0.25) is 9.59 Å². The van der Waals surface area contributed by atoms with Gasteiger partial charge >= 0.3 is 11.9 Å². The molecule has 1 N–H and O–H groups in total. The third-order valence-electron chi connectivity index (χ3n) is 6.03. The van der Waals surface area contributed by atoms with Crippen molar-refractivity contribution in [1.29, 1.82) is 0 Å². The van der Waals surface area contributed by atoms with Gasteiger partial charge in [0.15, 0.2) is 5.78 Å². The van der Waals surface area contributed by atoms with Crippen LogP contribution >= 0.6 is 0 Å². The highest BCUT2D eigenvalue weighted by atomic mass is 19.1. The molecule has 0 aromatic heterocycles. The molecule has 31 heavy (non-hydrogen) atoms. The zero-order valence-electron chi connectivity index (χ0n) is 18.5. The van der Waals surface area contributed by atoms with Crippen molar-refractivity contribution >= 4 is 17.7 Å². The first-order valence-corrected chi connectivity index (χ1v) is 10.5. The van der Waals surface area contributed by atoms with E-state index in [0.717, 1.165) is 0 Å². The predicted octanol–water partition coefficient (Wildman–Crippen LogP) is 3.78. The maximum Gasteiger partial charge on any atom is 0.337 e. The van der Waals surface area contributed by atoms with Crippen LogP contribution in [0.3, 0.4) is 0 Å². The highest BCUT2D eigenvalue weighted by molar-refractivity contribution is 6.12. The van der Waals surface area contributed by atoms with Crippen LogP contribution in [0.4, 0.5) is 4.39 Å². The van der Waals surface area contributed by atoms with Gasteiger partial charge in [0.05, 0.1) is 18.8 Å². The Labute approximate surface area is 181 Å². The number of ketones is 1. The number of hydrogen-bond acceptors (Lipinski definition) is 6. The summed E-state index contributed by atoms with van der Waals surface area (Å²) in [7, 11) is 1.24. The Bertz CT molecular complexity index is 980. The zero-order chi connectivity index (χ0) is 22.9. The molecule has 0 saturated carbocycles. The second-order valence-electron chi connectivity index (χ2n) is 8.21. The fraction of sp³-hybridized carbons (Fsp3) is 0.458. The number of hydrogen-bond donors (Lipinski definition) is 1. The first kappa shape index (κ1) is 22.7. The third kappa shape index (κ3) is 4.27. The summed E-state index contributed by atoms with van der Waals surface area (Å²) in [4.78, 5) is 39.0. The Hall–Kier alpha value is -2.96. The van der Waals surface area contributed by atoms with E-state index in [4.69, 9.17) is 9.47 Å². The zero-order valence-corrected chi connectivity index (χ0v) is 18.5. The average molecular weight is 429 g/mol. The van der Waals surface area contributed by atoms with Crippen LogP contribution < -0.4 is 5.32 Å². The smallest absolute Gasteiger partial charge is 0.337 e. The molecule has 0 amide bonds. The minimum Gasteiger partial charge on any atom is -0.468 e. The number of Topliss-reactive ketones (excluding diaryl/α,β-unsaturated/α-hetero) is 1. The summed E-state index contributed by atoms with van der Waals surface area (Å²) >= 11 is 0. The minimum absolute atomic E-state index is 0.246. The van der Waals surface area contributed by atoms with Gasteiger partial charge < -0.3 is 14.8 Å². The van der Waals surface area contributed by atoms with Crippen molar-refractivity contribution in [3.63, 3.8) is 0 Å². The highest BCUT2D eigenvalue weighted by Crippen LogP contribution is 2.45. The summed E-state index contributed by atoms with van der Waals surface area (Å²) in [5.41, 5.74) is 2.19.